The number of aryl methyl sites for hydroxylation is 2. The maximum atomic E-state index is 11.1. The Hall–Kier alpha value is -3.32. The number of aromatic nitrogens is 3. The van der Waals surface area contributed by atoms with E-state index < -0.39 is 0 Å². The molecule has 0 aliphatic heterocycles. The number of hydrogen-bond acceptors (Lipinski definition) is 6. The molecule has 0 saturated carbocycles. The number of benzene rings is 3. The second-order valence-corrected chi connectivity index (χ2v) is 8.85. The lowest BCUT2D eigenvalue weighted by Crippen LogP contribution is -2.02. The summed E-state index contributed by atoms with van der Waals surface area (Å²) in [6.07, 6.45) is 2.92. The average Bonchev–Trinajstić information content (AvgIpc) is 3.18. The van der Waals surface area contributed by atoms with E-state index in [9.17, 15) is 9.90 Å². The van der Waals surface area contributed by atoms with Crippen LogP contribution in [0.5, 0.6) is 11.5 Å². The number of carbonyl (C=O) groups is 1. The maximum Gasteiger partial charge on any atom is 0.308 e. The lowest BCUT2D eigenvalue weighted by atomic mass is 10.0. The van der Waals surface area contributed by atoms with Crippen molar-refractivity contribution in [3.8, 4) is 17.2 Å². The Kier molecular flexibility index (Phi) is 6.46. The second kappa shape index (κ2) is 9.44. The van der Waals surface area contributed by atoms with Gasteiger partial charge in [-0.1, -0.05) is 31.2 Å². The summed E-state index contributed by atoms with van der Waals surface area (Å²) in [5.41, 5.74) is 4.11. The van der Waals surface area contributed by atoms with Crippen molar-refractivity contribution >= 4 is 28.8 Å². The van der Waals surface area contributed by atoms with E-state index in [2.05, 4.69) is 17.1 Å². The summed E-state index contributed by atoms with van der Waals surface area (Å²) in [6, 6.07) is 17.2. The van der Waals surface area contributed by atoms with Gasteiger partial charge in [0.15, 0.2) is 0 Å². The van der Waals surface area contributed by atoms with Crippen molar-refractivity contribution in [2.45, 2.75) is 49.8 Å². The Morgan fingerprint density at radius 2 is 1.75 bits per heavy atom. The molecule has 0 fully saturated rings. The summed E-state index contributed by atoms with van der Waals surface area (Å²) in [7, 11) is 0. The van der Waals surface area contributed by atoms with Crippen molar-refractivity contribution in [1.29, 1.82) is 0 Å². The molecule has 32 heavy (non-hydrogen) atoms. The van der Waals surface area contributed by atoms with E-state index >= 15 is 0 Å². The highest BCUT2D eigenvalue weighted by molar-refractivity contribution is 7.99. The molecule has 1 N–H and O–H groups in total. The monoisotopic (exact) mass is 447 g/mol. The zero-order chi connectivity index (χ0) is 22.7. The van der Waals surface area contributed by atoms with Crippen molar-refractivity contribution in [1.82, 2.24) is 15.0 Å². The summed E-state index contributed by atoms with van der Waals surface area (Å²) < 4.78 is 5.08. The molecule has 4 rings (SSSR count). The van der Waals surface area contributed by atoms with Crippen LogP contribution >= 0.6 is 11.8 Å². The number of rotatable bonds is 7. The van der Waals surface area contributed by atoms with Crippen LogP contribution in [0.15, 0.2) is 64.4 Å². The molecule has 0 bridgehead atoms. The van der Waals surface area contributed by atoms with Crippen molar-refractivity contribution in [2.24, 2.45) is 0 Å². The number of esters is 1. The summed E-state index contributed by atoms with van der Waals surface area (Å²) in [6.45, 7) is 5.54. The molecule has 0 unspecified atom stereocenters. The van der Waals surface area contributed by atoms with Gasteiger partial charge in [0.05, 0.1) is 0 Å². The van der Waals surface area contributed by atoms with Crippen molar-refractivity contribution < 1.29 is 14.6 Å². The standard InChI is InChI=1S/C25H25N3O3S/c1-4-5-6-18-13-16(2)14-24(25(18)30)28-26-22-12-11-21(15-23(22)27-28)32-20-9-7-19(8-10-20)31-17(3)29/h7-15,30H,4-6H2,1-3H3. The molecule has 3 aromatic carbocycles. The molecule has 1 aromatic heterocycles. The first-order valence-electron chi connectivity index (χ1n) is 10.6. The third kappa shape index (κ3) is 4.94. The Balaban J connectivity index is 1.60. The number of ether oxygens (including phenoxy) is 1. The van der Waals surface area contributed by atoms with Crippen molar-refractivity contribution in [2.75, 3.05) is 0 Å². The minimum atomic E-state index is -0.337. The molecular weight excluding hydrogens is 422 g/mol. The first-order chi connectivity index (χ1) is 15.4. The molecule has 0 radical (unpaired) electrons. The van der Waals surface area contributed by atoms with E-state index in [1.165, 1.54) is 11.7 Å². The first kappa shape index (κ1) is 21.9. The van der Waals surface area contributed by atoms with Gasteiger partial charge in [-0.15, -0.1) is 15.0 Å². The van der Waals surface area contributed by atoms with E-state index in [1.807, 2.05) is 49.4 Å². The van der Waals surface area contributed by atoms with Crippen molar-refractivity contribution in [3.05, 3.63) is 65.7 Å². The molecule has 0 amide bonds. The van der Waals surface area contributed by atoms with Crippen LogP contribution in [0.25, 0.3) is 16.7 Å². The molecule has 1 heterocycles. The predicted octanol–water partition coefficient (Wildman–Crippen LogP) is 5.85. The number of carbonyl (C=O) groups excluding carboxylic acids is 1. The fourth-order valence-corrected chi connectivity index (χ4v) is 4.34. The van der Waals surface area contributed by atoms with Crippen LogP contribution in [0.4, 0.5) is 0 Å². The molecule has 0 aliphatic rings. The molecule has 0 saturated heterocycles. The Morgan fingerprint density at radius 3 is 2.47 bits per heavy atom. The number of nitrogens with zero attached hydrogens (tertiary/aromatic N) is 3. The van der Waals surface area contributed by atoms with Gasteiger partial charge in [-0.2, -0.15) is 0 Å². The summed E-state index contributed by atoms with van der Waals surface area (Å²) >= 11 is 1.59. The van der Waals surface area contributed by atoms with Gasteiger partial charge in [-0.05, 0) is 79.4 Å². The van der Waals surface area contributed by atoms with Gasteiger partial charge in [-0.25, -0.2) is 0 Å². The molecule has 7 heteroatoms. The number of phenolic OH excluding ortho intramolecular Hbond substituents is 1. The van der Waals surface area contributed by atoms with Gasteiger partial charge < -0.3 is 9.84 Å². The third-order valence-electron chi connectivity index (χ3n) is 5.00. The second-order valence-electron chi connectivity index (χ2n) is 7.70. The molecule has 6 nitrogen and oxygen atoms in total. The third-order valence-corrected chi connectivity index (χ3v) is 6.00. The van der Waals surface area contributed by atoms with Gasteiger partial charge in [0, 0.05) is 16.7 Å². The molecule has 0 atom stereocenters. The smallest absolute Gasteiger partial charge is 0.308 e. The van der Waals surface area contributed by atoms with Crippen LogP contribution in [0.2, 0.25) is 0 Å². The van der Waals surface area contributed by atoms with Crippen LogP contribution in [-0.2, 0) is 11.2 Å². The van der Waals surface area contributed by atoms with Gasteiger partial charge in [0.1, 0.15) is 28.2 Å². The van der Waals surface area contributed by atoms with E-state index in [4.69, 9.17) is 4.74 Å². The Bertz CT molecular complexity index is 1270. The first-order valence-corrected chi connectivity index (χ1v) is 11.4. The number of aromatic hydroxyl groups is 1. The number of fused-ring (bicyclic) bond motifs is 1. The highest BCUT2D eigenvalue weighted by atomic mass is 32.2. The summed E-state index contributed by atoms with van der Waals surface area (Å²) in [5.74, 6) is 0.430. The fourth-order valence-electron chi connectivity index (χ4n) is 3.49. The number of hydrogen-bond donors (Lipinski definition) is 1. The van der Waals surface area contributed by atoms with Gasteiger partial charge >= 0.3 is 5.97 Å². The predicted molar refractivity (Wildman–Crippen MR) is 126 cm³/mol. The van der Waals surface area contributed by atoms with Gasteiger partial charge in [0.25, 0.3) is 0 Å². The van der Waals surface area contributed by atoms with Gasteiger partial charge in [-0.3, -0.25) is 4.79 Å². The highest BCUT2D eigenvalue weighted by Gasteiger charge is 2.14. The Morgan fingerprint density at radius 1 is 1.03 bits per heavy atom. The van der Waals surface area contributed by atoms with E-state index in [1.54, 1.807) is 23.9 Å². The topological polar surface area (TPSA) is 77.2 Å². The average molecular weight is 448 g/mol. The maximum absolute atomic E-state index is 11.1. The molecule has 0 spiro atoms. The van der Waals surface area contributed by atoms with Crippen LogP contribution < -0.4 is 4.74 Å². The van der Waals surface area contributed by atoms with E-state index in [-0.39, 0.29) is 11.7 Å². The van der Waals surface area contributed by atoms with Gasteiger partial charge in [0.2, 0.25) is 0 Å². The normalized spacial score (nSPS) is 11.1. The lowest BCUT2D eigenvalue weighted by Gasteiger charge is -2.10. The molecule has 164 valence electrons. The Labute approximate surface area is 191 Å². The summed E-state index contributed by atoms with van der Waals surface area (Å²) in [4.78, 5) is 14.6. The minimum absolute atomic E-state index is 0.242. The summed E-state index contributed by atoms with van der Waals surface area (Å²) in [5, 5.41) is 20.0. The quantitative estimate of drug-likeness (QED) is 0.283. The number of unbranched alkanes of at least 4 members (excludes halogenated alkanes) is 1. The van der Waals surface area contributed by atoms with Crippen LogP contribution in [0, 0.1) is 6.92 Å². The lowest BCUT2D eigenvalue weighted by molar-refractivity contribution is -0.131. The van der Waals surface area contributed by atoms with E-state index in [0.717, 1.165) is 51.2 Å². The molecular formula is C25H25N3O3S. The molecule has 4 aromatic rings. The van der Waals surface area contributed by atoms with E-state index in [0.29, 0.717) is 11.4 Å². The SMILES string of the molecule is CCCCc1cc(C)cc(-n2nc3ccc(Sc4ccc(OC(C)=O)cc4)cc3n2)c1O. The zero-order valence-corrected chi connectivity index (χ0v) is 19.1. The van der Waals surface area contributed by atoms with Crippen LogP contribution in [0.1, 0.15) is 37.8 Å². The zero-order valence-electron chi connectivity index (χ0n) is 18.3. The molecule has 0 aliphatic carbocycles. The largest absolute Gasteiger partial charge is 0.505 e. The van der Waals surface area contributed by atoms with Crippen LogP contribution in [0.3, 0.4) is 0 Å². The highest BCUT2D eigenvalue weighted by Crippen LogP contribution is 2.32. The fraction of sp³-hybridized carbons (Fsp3) is 0.240. The number of phenols is 1. The van der Waals surface area contributed by atoms with Crippen LogP contribution in [-0.4, -0.2) is 26.1 Å². The van der Waals surface area contributed by atoms with Crippen molar-refractivity contribution in [3.63, 3.8) is 0 Å². The minimum Gasteiger partial charge on any atom is -0.505 e.